The van der Waals surface area contributed by atoms with E-state index in [2.05, 4.69) is 0 Å². The molecule has 1 aromatic carbocycles. The molecule has 0 saturated heterocycles. The monoisotopic (exact) mass is 278 g/mol. The van der Waals surface area contributed by atoms with Crippen LogP contribution in [0.2, 0.25) is 0 Å². The van der Waals surface area contributed by atoms with Crippen molar-refractivity contribution >= 4 is 5.91 Å². The highest BCUT2D eigenvalue weighted by molar-refractivity contribution is 5.93. The van der Waals surface area contributed by atoms with Gasteiger partial charge < -0.3 is 0 Å². The maximum absolute atomic E-state index is 13.1. The summed E-state index contributed by atoms with van der Waals surface area (Å²) in [5, 5.41) is 0. The largest absolute Gasteiger partial charge is 0.328 e. The molecule has 4 N–H and O–H groups in total. The topological polar surface area (TPSA) is 110 Å². The van der Waals surface area contributed by atoms with Crippen LogP contribution in [0.4, 0.5) is 4.39 Å². The third kappa shape index (κ3) is 2.81. The minimum absolute atomic E-state index is 0.0665. The van der Waals surface area contributed by atoms with Crippen molar-refractivity contribution in [1.29, 1.82) is 0 Å². The molecule has 104 valence electrons. The average Bonchev–Trinajstić information content (AvgIpc) is 2.44. The quantitative estimate of drug-likeness (QED) is 0.393. The van der Waals surface area contributed by atoms with Crippen LogP contribution in [0.3, 0.4) is 0 Å². The summed E-state index contributed by atoms with van der Waals surface area (Å²) in [7, 11) is 0. The molecule has 0 aliphatic carbocycles. The lowest BCUT2D eigenvalue weighted by atomic mass is 10.1. The van der Waals surface area contributed by atoms with Gasteiger partial charge in [0.15, 0.2) is 0 Å². The number of nitrogens with zero attached hydrogens (tertiary/aromatic N) is 1. The number of hydrazine groups is 1. The number of hydrogen-bond donors (Lipinski definition) is 3. The van der Waals surface area contributed by atoms with E-state index in [1.807, 2.05) is 10.4 Å². The van der Waals surface area contributed by atoms with E-state index < -0.39 is 23.0 Å². The standard InChI is InChI=1S/C12H11FN4O3/c13-9-6-17(12(20)15-11(9)19)5-7-1-3-8(4-2-7)10(18)16-14/h1-4,6H,5,14H2,(H,16,18)(H,15,19,20). The lowest BCUT2D eigenvalue weighted by molar-refractivity contribution is 0.0953. The van der Waals surface area contributed by atoms with Gasteiger partial charge in [-0.15, -0.1) is 0 Å². The molecule has 0 spiro atoms. The number of nitrogens with two attached hydrogens (primary N) is 1. The van der Waals surface area contributed by atoms with Crippen LogP contribution in [0.25, 0.3) is 0 Å². The van der Waals surface area contributed by atoms with E-state index in [4.69, 9.17) is 5.84 Å². The molecule has 0 saturated carbocycles. The molecule has 0 aliphatic heterocycles. The Morgan fingerprint density at radius 3 is 2.55 bits per heavy atom. The summed E-state index contributed by atoms with van der Waals surface area (Å²) < 4.78 is 14.1. The smallest absolute Gasteiger partial charge is 0.293 e. The number of aromatic nitrogens is 2. The van der Waals surface area contributed by atoms with E-state index in [9.17, 15) is 18.8 Å². The predicted molar refractivity (Wildman–Crippen MR) is 68.5 cm³/mol. The molecule has 1 amide bonds. The minimum Gasteiger partial charge on any atom is -0.293 e. The van der Waals surface area contributed by atoms with Gasteiger partial charge in [0.2, 0.25) is 5.82 Å². The van der Waals surface area contributed by atoms with Crippen LogP contribution < -0.4 is 22.5 Å². The molecule has 1 heterocycles. The van der Waals surface area contributed by atoms with E-state index >= 15 is 0 Å². The normalized spacial score (nSPS) is 10.3. The van der Waals surface area contributed by atoms with Crippen molar-refractivity contribution in [1.82, 2.24) is 15.0 Å². The lowest BCUT2D eigenvalue weighted by Crippen LogP contribution is -2.31. The number of hydrogen-bond acceptors (Lipinski definition) is 4. The maximum Gasteiger partial charge on any atom is 0.328 e. The van der Waals surface area contributed by atoms with Crippen molar-refractivity contribution < 1.29 is 9.18 Å². The van der Waals surface area contributed by atoms with E-state index in [-0.39, 0.29) is 6.54 Å². The minimum atomic E-state index is -1.05. The Morgan fingerprint density at radius 1 is 1.30 bits per heavy atom. The number of halogens is 1. The summed E-state index contributed by atoms with van der Waals surface area (Å²) in [6.07, 6.45) is 0.835. The fourth-order valence-electron chi connectivity index (χ4n) is 1.64. The van der Waals surface area contributed by atoms with Gasteiger partial charge in [-0.25, -0.2) is 10.6 Å². The van der Waals surface area contributed by atoms with Gasteiger partial charge in [-0.2, -0.15) is 4.39 Å². The zero-order valence-electron chi connectivity index (χ0n) is 10.2. The van der Waals surface area contributed by atoms with E-state index in [0.717, 1.165) is 10.8 Å². The molecule has 0 aliphatic rings. The first-order valence-corrected chi connectivity index (χ1v) is 5.60. The van der Waals surface area contributed by atoms with Gasteiger partial charge in [0, 0.05) is 5.56 Å². The van der Waals surface area contributed by atoms with Crippen molar-refractivity contribution in [3.05, 3.63) is 68.2 Å². The van der Waals surface area contributed by atoms with Gasteiger partial charge in [-0.05, 0) is 17.7 Å². The Balaban J connectivity index is 2.27. The summed E-state index contributed by atoms with van der Waals surface area (Å²) >= 11 is 0. The molecule has 8 heteroatoms. The van der Waals surface area contributed by atoms with Crippen LogP contribution in [0.15, 0.2) is 40.1 Å². The van der Waals surface area contributed by atoms with Gasteiger partial charge in [0.05, 0.1) is 12.7 Å². The van der Waals surface area contributed by atoms with Gasteiger partial charge in [0.25, 0.3) is 11.5 Å². The van der Waals surface area contributed by atoms with E-state index in [1.165, 1.54) is 12.1 Å². The number of nitrogens with one attached hydrogen (secondary N) is 2. The first-order chi connectivity index (χ1) is 9.51. The number of benzene rings is 1. The fraction of sp³-hybridized carbons (Fsp3) is 0.0833. The zero-order valence-corrected chi connectivity index (χ0v) is 10.2. The summed E-state index contributed by atoms with van der Waals surface area (Å²) in [6, 6.07) is 6.23. The van der Waals surface area contributed by atoms with Crippen molar-refractivity contribution in [3.8, 4) is 0 Å². The number of H-pyrrole nitrogens is 1. The Hall–Kier alpha value is -2.74. The van der Waals surface area contributed by atoms with Crippen molar-refractivity contribution in [2.45, 2.75) is 6.54 Å². The third-order valence-electron chi connectivity index (χ3n) is 2.67. The molecule has 0 fully saturated rings. The summed E-state index contributed by atoms with van der Waals surface area (Å²) in [5.74, 6) is 3.52. The maximum atomic E-state index is 13.1. The van der Waals surface area contributed by atoms with Gasteiger partial charge in [0.1, 0.15) is 0 Å². The Morgan fingerprint density at radius 2 is 1.95 bits per heavy atom. The second kappa shape index (κ2) is 5.49. The van der Waals surface area contributed by atoms with Crippen LogP contribution in [0.5, 0.6) is 0 Å². The number of aromatic amines is 1. The number of nitrogen functional groups attached to an aromatic ring is 1. The molecule has 20 heavy (non-hydrogen) atoms. The lowest BCUT2D eigenvalue weighted by Gasteiger charge is -2.06. The van der Waals surface area contributed by atoms with Crippen LogP contribution in [0, 0.1) is 5.82 Å². The average molecular weight is 278 g/mol. The summed E-state index contributed by atoms with van der Waals surface area (Å²) in [5.41, 5.74) is 1.24. The molecule has 0 bridgehead atoms. The van der Waals surface area contributed by atoms with Crippen LogP contribution in [-0.4, -0.2) is 15.5 Å². The molecular weight excluding hydrogens is 267 g/mol. The number of carbonyl (C=O) groups excluding carboxylic acids is 1. The second-order valence-corrected chi connectivity index (χ2v) is 4.03. The summed E-state index contributed by atoms with van der Waals surface area (Å²) in [6.45, 7) is 0.0665. The van der Waals surface area contributed by atoms with Crippen LogP contribution in [0.1, 0.15) is 15.9 Å². The van der Waals surface area contributed by atoms with E-state index in [1.54, 1.807) is 12.1 Å². The molecule has 7 nitrogen and oxygen atoms in total. The first-order valence-electron chi connectivity index (χ1n) is 5.60. The van der Waals surface area contributed by atoms with Crippen LogP contribution >= 0.6 is 0 Å². The van der Waals surface area contributed by atoms with Gasteiger partial charge in [-0.1, -0.05) is 12.1 Å². The van der Waals surface area contributed by atoms with Crippen molar-refractivity contribution in [3.63, 3.8) is 0 Å². The molecular formula is C12H11FN4O3. The predicted octanol–water partition coefficient (Wildman–Crippen LogP) is -0.673. The van der Waals surface area contributed by atoms with Crippen LogP contribution in [-0.2, 0) is 6.54 Å². The molecule has 0 atom stereocenters. The van der Waals surface area contributed by atoms with Gasteiger partial charge >= 0.3 is 5.69 Å². The Bertz CT molecular complexity index is 749. The second-order valence-electron chi connectivity index (χ2n) is 4.03. The Labute approximate surface area is 111 Å². The van der Waals surface area contributed by atoms with Gasteiger partial charge in [-0.3, -0.25) is 24.6 Å². The molecule has 2 rings (SSSR count). The molecule has 1 aromatic heterocycles. The Kier molecular flexibility index (Phi) is 3.76. The number of rotatable bonds is 3. The van der Waals surface area contributed by atoms with Crippen molar-refractivity contribution in [2.75, 3.05) is 0 Å². The zero-order chi connectivity index (χ0) is 14.7. The molecule has 0 radical (unpaired) electrons. The highest BCUT2D eigenvalue weighted by Gasteiger charge is 2.06. The number of amides is 1. The molecule has 2 aromatic rings. The van der Waals surface area contributed by atoms with Crippen molar-refractivity contribution in [2.24, 2.45) is 5.84 Å². The van der Waals surface area contributed by atoms with E-state index in [0.29, 0.717) is 11.1 Å². The highest BCUT2D eigenvalue weighted by Crippen LogP contribution is 2.05. The summed E-state index contributed by atoms with van der Waals surface area (Å²) in [4.78, 5) is 35.5. The first kappa shape index (κ1) is 13.7. The highest BCUT2D eigenvalue weighted by atomic mass is 19.1. The molecule has 0 unspecified atom stereocenters. The third-order valence-corrected chi connectivity index (χ3v) is 2.67. The SMILES string of the molecule is NNC(=O)c1ccc(Cn2cc(F)c(=O)[nH]c2=O)cc1. The fourth-order valence-corrected chi connectivity index (χ4v) is 1.64. The number of carbonyl (C=O) groups is 1.